The molecule has 0 fully saturated rings. The van der Waals surface area contributed by atoms with Crippen molar-refractivity contribution in [1.82, 2.24) is 0 Å². The van der Waals surface area contributed by atoms with Crippen molar-refractivity contribution in [3.05, 3.63) is 63.6 Å². The van der Waals surface area contributed by atoms with Crippen LogP contribution >= 0.6 is 15.9 Å². The number of halogens is 1. The van der Waals surface area contributed by atoms with Crippen molar-refractivity contribution >= 4 is 27.6 Å². The van der Waals surface area contributed by atoms with E-state index in [-0.39, 0.29) is 6.04 Å². The third-order valence-corrected chi connectivity index (χ3v) is 4.40. The zero-order chi connectivity index (χ0) is 14.8. The Morgan fingerprint density at radius 3 is 2.86 bits per heavy atom. The molecule has 0 spiro atoms. The van der Waals surface area contributed by atoms with Crippen LogP contribution in [0.2, 0.25) is 0 Å². The minimum atomic E-state index is -0.908. The number of aromatic carboxylic acids is 1. The van der Waals surface area contributed by atoms with E-state index < -0.39 is 5.97 Å². The lowest BCUT2D eigenvalue weighted by Gasteiger charge is -2.27. The van der Waals surface area contributed by atoms with Gasteiger partial charge in [0.25, 0.3) is 0 Å². The van der Waals surface area contributed by atoms with Gasteiger partial charge in [-0.05, 0) is 48.6 Å². The standard InChI is InChI=1S/C17H16BrNO2/c18-12-8-9-14(17(20)21)16(10-12)19-15-7-3-5-11-4-1-2-6-13(11)15/h1-2,4,6,8-10,15,19H,3,5,7H2,(H,20,21). The molecule has 21 heavy (non-hydrogen) atoms. The first-order valence-electron chi connectivity index (χ1n) is 7.02. The highest BCUT2D eigenvalue weighted by Gasteiger charge is 2.21. The Bertz CT molecular complexity index is 684. The molecular formula is C17H16BrNO2. The Hall–Kier alpha value is -1.81. The predicted octanol–water partition coefficient (Wildman–Crippen LogP) is 4.64. The molecule has 1 aliphatic rings. The van der Waals surface area contributed by atoms with E-state index >= 15 is 0 Å². The number of rotatable bonds is 3. The maximum atomic E-state index is 11.4. The van der Waals surface area contributed by atoms with Crippen LogP contribution in [0.15, 0.2) is 46.9 Å². The molecular weight excluding hydrogens is 330 g/mol. The van der Waals surface area contributed by atoms with Crippen molar-refractivity contribution in [1.29, 1.82) is 0 Å². The minimum absolute atomic E-state index is 0.169. The molecule has 0 amide bonds. The Kier molecular flexibility index (Phi) is 3.97. The highest BCUT2D eigenvalue weighted by Crippen LogP contribution is 2.34. The second-order valence-electron chi connectivity index (χ2n) is 5.28. The average Bonchev–Trinajstić information content (AvgIpc) is 2.47. The monoisotopic (exact) mass is 345 g/mol. The number of aryl methyl sites for hydroxylation is 1. The summed E-state index contributed by atoms with van der Waals surface area (Å²) in [5.41, 5.74) is 3.60. The summed E-state index contributed by atoms with van der Waals surface area (Å²) in [6.45, 7) is 0. The molecule has 2 N–H and O–H groups in total. The number of anilines is 1. The Balaban J connectivity index is 1.95. The SMILES string of the molecule is O=C(O)c1ccc(Br)cc1NC1CCCc2ccccc21. The summed E-state index contributed by atoms with van der Waals surface area (Å²) in [5, 5.41) is 12.7. The van der Waals surface area contributed by atoms with Gasteiger partial charge in [0.2, 0.25) is 0 Å². The minimum Gasteiger partial charge on any atom is -0.478 e. The van der Waals surface area contributed by atoms with Gasteiger partial charge in [0, 0.05) is 4.47 Å². The summed E-state index contributed by atoms with van der Waals surface area (Å²) in [6, 6.07) is 13.8. The average molecular weight is 346 g/mol. The Labute approximate surface area is 132 Å². The van der Waals surface area contributed by atoms with Crippen LogP contribution in [0.3, 0.4) is 0 Å². The third-order valence-electron chi connectivity index (χ3n) is 3.91. The Morgan fingerprint density at radius 2 is 2.05 bits per heavy atom. The van der Waals surface area contributed by atoms with Gasteiger partial charge in [0.15, 0.2) is 0 Å². The molecule has 1 unspecified atom stereocenters. The van der Waals surface area contributed by atoms with E-state index in [0.717, 1.165) is 23.7 Å². The molecule has 2 aromatic carbocycles. The van der Waals surface area contributed by atoms with Gasteiger partial charge >= 0.3 is 5.97 Å². The molecule has 4 heteroatoms. The quantitative estimate of drug-likeness (QED) is 0.851. The second kappa shape index (κ2) is 5.90. The normalized spacial score (nSPS) is 17.1. The van der Waals surface area contributed by atoms with E-state index in [2.05, 4.69) is 39.4 Å². The zero-order valence-electron chi connectivity index (χ0n) is 11.5. The van der Waals surface area contributed by atoms with E-state index in [4.69, 9.17) is 0 Å². The van der Waals surface area contributed by atoms with Crippen LogP contribution in [0.4, 0.5) is 5.69 Å². The van der Waals surface area contributed by atoms with Gasteiger partial charge in [0.1, 0.15) is 0 Å². The number of carboxylic acids is 1. The lowest BCUT2D eigenvalue weighted by atomic mass is 9.87. The largest absolute Gasteiger partial charge is 0.478 e. The number of carboxylic acid groups (broad SMARTS) is 1. The molecule has 108 valence electrons. The predicted molar refractivity (Wildman–Crippen MR) is 86.8 cm³/mol. The van der Waals surface area contributed by atoms with Crippen molar-refractivity contribution in [2.24, 2.45) is 0 Å². The highest BCUT2D eigenvalue weighted by molar-refractivity contribution is 9.10. The van der Waals surface area contributed by atoms with Crippen LogP contribution in [0.1, 0.15) is 40.4 Å². The van der Waals surface area contributed by atoms with Crippen LogP contribution in [0, 0.1) is 0 Å². The molecule has 0 aliphatic heterocycles. The molecule has 0 saturated heterocycles. The Morgan fingerprint density at radius 1 is 1.24 bits per heavy atom. The molecule has 0 aromatic heterocycles. The summed E-state index contributed by atoms with van der Waals surface area (Å²) < 4.78 is 0.874. The number of fused-ring (bicyclic) bond motifs is 1. The van der Waals surface area contributed by atoms with Gasteiger partial charge in [-0.15, -0.1) is 0 Å². The fourth-order valence-electron chi connectivity index (χ4n) is 2.91. The van der Waals surface area contributed by atoms with Crippen LogP contribution in [0.25, 0.3) is 0 Å². The molecule has 0 bridgehead atoms. The number of nitrogens with one attached hydrogen (secondary N) is 1. The maximum absolute atomic E-state index is 11.4. The molecule has 0 saturated carbocycles. The van der Waals surface area contributed by atoms with E-state index in [0.29, 0.717) is 11.3 Å². The fraction of sp³-hybridized carbons (Fsp3) is 0.235. The summed E-state index contributed by atoms with van der Waals surface area (Å²) >= 11 is 3.41. The van der Waals surface area contributed by atoms with Crippen molar-refractivity contribution in [3.63, 3.8) is 0 Å². The van der Waals surface area contributed by atoms with Crippen molar-refractivity contribution in [2.75, 3.05) is 5.32 Å². The zero-order valence-corrected chi connectivity index (χ0v) is 13.1. The van der Waals surface area contributed by atoms with Gasteiger partial charge in [-0.3, -0.25) is 0 Å². The lowest BCUT2D eigenvalue weighted by Crippen LogP contribution is -2.18. The lowest BCUT2D eigenvalue weighted by molar-refractivity contribution is 0.0698. The van der Waals surface area contributed by atoms with Gasteiger partial charge in [0.05, 0.1) is 17.3 Å². The van der Waals surface area contributed by atoms with Crippen LogP contribution in [-0.4, -0.2) is 11.1 Å². The number of hydrogen-bond acceptors (Lipinski definition) is 2. The van der Waals surface area contributed by atoms with Crippen molar-refractivity contribution < 1.29 is 9.90 Å². The van der Waals surface area contributed by atoms with E-state index in [1.807, 2.05) is 12.1 Å². The van der Waals surface area contributed by atoms with E-state index in [1.54, 1.807) is 12.1 Å². The first kappa shape index (κ1) is 14.1. The molecule has 2 aromatic rings. The molecule has 3 nitrogen and oxygen atoms in total. The number of hydrogen-bond donors (Lipinski definition) is 2. The molecule has 3 rings (SSSR count). The molecule has 0 radical (unpaired) electrons. The second-order valence-corrected chi connectivity index (χ2v) is 6.20. The van der Waals surface area contributed by atoms with E-state index in [9.17, 15) is 9.90 Å². The van der Waals surface area contributed by atoms with Gasteiger partial charge in [-0.25, -0.2) is 4.79 Å². The number of benzene rings is 2. The first-order chi connectivity index (χ1) is 10.1. The van der Waals surface area contributed by atoms with Crippen molar-refractivity contribution in [2.45, 2.75) is 25.3 Å². The van der Waals surface area contributed by atoms with E-state index in [1.165, 1.54) is 11.1 Å². The highest BCUT2D eigenvalue weighted by atomic mass is 79.9. The van der Waals surface area contributed by atoms with Crippen LogP contribution in [0.5, 0.6) is 0 Å². The smallest absolute Gasteiger partial charge is 0.337 e. The molecule has 0 heterocycles. The summed E-state index contributed by atoms with van der Waals surface area (Å²) in [5.74, 6) is -0.908. The third kappa shape index (κ3) is 2.95. The van der Waals surface area contributed by atoms with Gasteiger partial charge in [-0.1, -0.05) is 40.2 Å². The summed E-state index contributed by atoms with van der Waals surface area (Å²) in [6.07, 6.45) is 3.23. The van der Waals surface area contributed by atoms with Gasteiger partial charge < -0.3 is 10.4 Å². The van der Waals surface area contributed by atoms with Crippen LogP contribution < -0.4 is 5.32 Å². The fourth-order valence-corrected chi connectivity index (χ4v) is 3.28. The number of carbonyl (C=O) groups is 1. The molecule has 1 aliphatic carbocycles. The summed E-state index contributed by atoms with van der Waals surface area (Å²) in [7, 11) is 0. The molecule has 1 atom stereocenters. The summed E-state index contributed by atoms with van der Waals surface area (Å²) in [4.78, 5) is 11.4. The maximum Gasteiger partial charge on any atom is 0.337 e. The van der Waals surface area contributed by atoms with Crippen molar-refractivity contribution in [3.8, 4) is 0 Å². The van der Waals surface area contributed by atoms with Crippen LogP contribution in [-0.2, 0) is 6.42 Å². The van der Waals surface area contributed by atoms with Gasteiger partial charge in [-0.2, -0.15) is 0 Å². The first-order valence-corrected chi connectivity index (χ1v) is 7.81. The topological polar surface area (TPSA) is 49.3 Å².